The van der Waals surface area contributed by atoms with Gasteiger partial charge in [0.15, 0.2) is 0 Å². The van der Waals surface area contributed by atoms with Crippen LogP contribution in [0.3, 0.4) is 0 Å². The van der Waals surface area contributed by atoms with Gasteiger partial charge >= 0.3 is 0 Å². The van der Waals surface area contributed by atoms with Crippen molar-refractivity contribution in [3.05, 3.63) is 78.1 Å². The fourth-order valence-corrected chi connectivity index (χ4v) is 2.62. The minimum absolute atomic E-state index is 0.104. The van der Waals surface area contributed by atoms with E-state index in [2.05, 4.69) is 24.3 Å². The highest BCUT2D eigenvalue weighted by atomic mass is 16.5. The van der Waals surface area contributed by atoms with Crippen LogP contribution in [0, 0.1) is 5.92 Å². The van der Waals surface area contributed by atoms with Gasteiger partial charge in [0.2, 0.25) is 0 Å². The molecular formula is C22H25N3O2. The molecule has 27 heavy (non-hydrogen) atoms. The van der Waals surface area contributed by atoms with E-state index >= 15 is 0 Å². The smallest absolute Gasteiger partial charge is 0.251 e. The van der Waals surface area contributed by atoms with Crippen LogP contribution >= 0.6 is 0 Å². The van der Waals surface area contributed by atoms with Crippen molar-refractivity contribution < 1.29 is 9.53 Å². The van der Waals surface area contributed by atoms with Gasteiger partial charge in [-0.25, -0.2) is 4.68 Å². The Hall–Kier alpha value is -3.08. The molecule has 0 fully saturated rings. The number of nitrogens with one attached hydrogen (secondary N) is 1. The molecule has 0 saturated heterocycles. The third-order valence-corrected chi connectivity index (χ3v) is 4.01. The van der Waals surface area contributed by atoms with Crippen LogP contribution in [-0.4, -0.2) is 28.8 Å². The summed E-state index contributed by atoms with van der Waals surface area (Å²) in [4.78, 5) is 12.4. The van der Waals surface area contributed by atoms with Gasteiger partial charge in [-0.1, -0.05) is 38.1 Å². The number of hydrogen-bond acceptors (Lipinski definition) is 3. The molecular weight excluding hydrogens is 338 g/mol. The molecule has 1 aromatic heterocycles. The average Bonchev–Trinajstić information content (AvgIpc) is 3.16. The highest BCUT2D eigenvalue weighted by molar-refractivity contribution is 5.94. The summed E-state index contributed by atoms with van der Waals surface area (Å²) < 4.78 is 7.52. The SMILES string of the molecule is CC(C)COc1cccc(C(=O)NCCc2ccn(-c3ccccc3)n2)c1. The largest absolute Gasteiger partial charge is 0.493 e. The van der Waals surface area contributed by atoms with Gasteiger partial charge in [0, 0.05) is 24.7 Å². The highest BCUT2D eigenvalue weighted by Crippen LogP contribution is 2.14. The third kappa shape index (κ3) is 5.45. The van der Waals surface area contributed by atoms with Crippen molar-refractivity contribution >= 4 is 5.91 Å². The van der Waals surface area contributed by atoms with Crippen molar-refractivity contribution in [1.29, 1.82) is 0 Å². The lowest BCUT2D eigenvalue weighted by atomic mass is 10.2. The quantitative estimate of drug-likeness (QED) is 0.661. The van der Waals surface area contributed by atoms with E-state index in [1.807, 2.05) is 59.4 Å². The number of nitrogens with zero attached hydrogens (tertiary/aromatic N) is 2. The van der Waals surface area contributed by atoms with Gasteiger partial charge in [-0.2, -0.15) is 5.10 Å². The van der Waals surface area contributed by atoms with Crippen LogP contribution in [0.2, 0.25) is 0 Å². The molecule has 3 aromatic rings. The maximum Gasteiger partial charge on any atom is 0.251 e. The molecule has 0 aliphatic rings. The predicted octanol–water partition coefficient (Wildman–Crippen LogP) is 3.88. The second-order valence-electron chi connectivity index (χ2n) is 6.83. The average molecular weight is 363 g/mol. The lowest BCUT2D eigenvalue weighted by Gasteiger charge is -2.10. The number of hydrogen-bond donors (Lipinski definition) is 1. The number of aromatic nitrogens is 2. The van der Waals surface area contributed by atoms with Gasteiger partial charge < -0.3 is 10.1 Å². The molecule has 0 atom stereocenters. The molecule has 0 bridgehead atoms. The van der Waals surface area contributed by atoms with E-state index in [0.29, 0.717) is 31.1 Å². The first kappa shape index (κ1) is 18.7. The molecule has 0 aliphatic carbocycles. The lowest BCUT2D eigenvalue weighted by Crippen LogP contribution is -2.25. The zero-order valence-electron chi connectivity index (χ0n) is 15.8. The molecule has 1 amide bonds. The standard InChI is InChI=1S/C22H25N3O2/c1-17(2)16-27-21-10-6-7-18(15-21)22(26)23-13-11-19-12-14-25(24-19)20-8-4-3-5-9-20/h3-10,12,14-15,17H,11,13,16H2,1-2H3,(H,23,26). The summed E-state index contributed by atoms with van der Waals surface area (Å²) in [5.74, 6) is 1.06. The van der Waals surface area contributed by atoms with Crippen LogP contribution in [0.1, 0.15) is 29.9 Å². The first-order valence-electron chi connectivity index (χ1n) is 9.23. The van der Waals surface area contributed by atoms with Gasteiger partial charge in [-0.05, 0) is 42.3 Å². The number of para-hydroxylation sites is 1. The summed E-state index contributed by atoms with van der Waals surface area (Å²) in [7, 11) is 0. The summed E-state index contributed by atoms with van der Waals surface area (Å²) >= 11 is 0. The molecule has 3 rings (SSSR count). The number of ether oxygens (including phenoxy) is 1. The first-order valence-corrected chi connectivity index (χ1v) is 9.23. The van der Waals surface area contributed by atoms with E-state index in [1.165, 1.54) is 0 Å². The number of carbonyl (C=O) groups is 1. The minimum atomic E-state index is -0.104. The zero-order valence-corrected chi connectivity index (χ0v) is 15.8. The summed E-state index contributed by atoms with van der Waals surface area (Å²) in [5, 5.41) is 7.50. The summed E-state index contributed by atoms with van der Waals surface area (Å²) in [6.07, 6.45) is 2.61. The van der Waals surface area contributed by atoms with Crippen molar-refractivity contribution in [2.45, 2.75) is 20.3 Å². The molecule has 1 heterocycles. The lowest BCUT2D eigenvalue weighted by molar-refractivity contribution is 0.0953. The Labute approximate surface area is 160 Å². The Bertz CT molecular complexity index is 872. The second kappa shape index (κ2) is 9.03. The zero-order chi connectivity index (χ0) is 19.1. The number of benzene rings is 2. The van der Waals surface area contributed by atoms with E-state index in [0.717, 1.165) is 17.1 Å². The van der Waals surface area contributed by atoms with Crippen LogP contribution in [0.25, 0.3) is 5.69 Å². The van der Waals surface area contributed by atoms with Crippen molar-refractivity contribution in [2.75, 3.05) is 13.2 Å². The van der Waals surface area contributed by atoms with E-state index in [-0.39, 0.29) is 5.91 Å². The Morgan fingerprint density at radius 3 is 2.70 bits per heavy atom. The van der Waals surface area contributed by atoms with Crippen LogP contribution in [0.15, 0.2) is 66.9 Å². The Kier molecular flexibility index (Phi) is 6.26. The monoisotopic (exact) mass is 363 g/mol. The van der Waals surface area contributed by atoms with Crippen molar-refractivity contribution in [2.24, 2.45) is 5.92 Å². The molecule has 0 saturated carbocycles. The van der Waals surface area contributed by atoms with Crippen LogP contribution in [-0.2, 0) is 6.42 Å². The molecule has 140 valence electrons. The third-order valence-electron chi connectivity index (χ3n) is 4.01. The molecule has 5 heteroatoms. The summed E-state index contributed by atoms with van der Waals surface area (Å²) in [6, 6.07) is 19.2. The summed E-state index contributed by atoms with van der Waals surface area (Å²) in [6.45, 7) is 5.35. The number of carbonyl (C=O) groups excluding carboxylic acids is 1. The maximum absolute atomic E-state index is 12.4. The first-order chi connectivity index (χ1) is 13.1. The Balaban J connectivity index is 1.51. The van der Waals surface area contributed by atoms with Crippen molar-refractivity contribution in [1.82, 2.24) is 15.1 Å². The van der Waals surface area contributed by atoms with Crippen LogP contribution < -0.4 is 10.1 Å². The van der Waals surface area contributed by atoms with Crippen LogP contribution in [0.4, 0.5) is 0 Å². The highest BCUT2D eigenvalue weighted by Gasteiger charge is 2.08. The van der Waals surface area contributed by atoms with Crippen molar-refractivity contribution in [3.8, 4) is 11.4 Å². The van der Waals surface area contributed by atoms with Gasteiger partial charge in [0.05, 0.1) is 18.0 Å². The van der Waals surface area contributed by atoms with E-state index < -0.39 is 0 Å². The van der Waals surface area contributed by atoms with E-state index in [4.69, 9.17) is 4.74 Å². The van der Waals surface area contributed by atoms with E-state index in [1.54, 1.807) is 12.1 Å². The summed E-state index contributed by atoms with van der Waals surface area (Å²) in [5.41, 5.74) is 2.56. The molecule has 0 spiro atoms. The van der Waals surface area contributed by atoms with Crippen molar-refractivity contribution in [3.63, 3.8) is 0 Å². The Morgan fingerprint density at radius 2 is 1.93 bits per heavy atom. The number of amides is 1. The van der Waals surface area contributed by atoms with Gasteiger partial charge in [-0.3, -0.25) is 4.79 Å². The van der Waals surface area contributed by atoms with Gasteiger partial charge in [0.1, 0.15) is 5.75 Å². The normalized spacial score (nSPS) is 10.8. The minimum Gasteiger partial charge on any atom is -0.493 e. The molecule has 2 aromatic carbocycles. The van der Waals surface area contributed by atoms with E-state index in [9.17, 15) is 4.79 Å². The molecule has 1 N–H and O–H groups in total. The van der Waals surface area contributed by atoms with Crippen LogP contribution in [0.5, 0.6) is 5.75 Å². The predicted molar refractivity (Wildman–Crippen MR) is 106 cm³/mol. The number of rotatable bonds is 8. The molecule has 5 nitrogen and oxygen atoms in total. The van der Waals surface area contributed by atoms with Gasteiger partial charge in [-0.15, -0.1) is 0 Å². The topological polar surface area (TPSA) is 56.1 Å². The fraction of sp³-hybridized carbons (Fsp3) is 0.273. The van der Waals surface area contributed by atoms with Gasteiger partial charge in [0.25, 0.3) is 5.91 Å². The second-order valence-corrected chi connectivity index (χ2v) is 6.83. The molecule has 0 aliphatic heterocycles. The molecule has 0 unspecified atom stereocenters. The fourth-order valence-electron chi connectivity index (χ4n) is 2.62. The Morgan fingerprint density at radius 1 is 1.11 bits per heavy atom. The molecule has 0 radical (unpaired) electrons. The maximum atomic E-state index is 12.4.